The lowest BCUT2D eigenvalue weighted by Crippen LogP contribution is -2.53. The molecule has 1 heterocycles. The lowest BCUT2D eigenvalue weighted by molar-refractivity contribution is -0.137. The lowest BCUT2D eigenvalue weighted by Gasteiger charge is -2.39. The molecule has 0 spiro atoms. The van der Waals surface area contributed by atoms with Crippen molar-refractivity contribution < 1.29 is 14.7 Å². The maximum absolute atomic E-state index is 12.5. The molecule has 6 nitrogen and oxygen atoms in total. The Morgan fingerprint density at radius 2 is 1.95 bits per heavy atom. The molecule has 1 aliphatic rings. The van der Waals surface area contributed by atoms with Crippen molar-refractivity contribution in [2.45, 2.75) is 39.2 Å². The number of rotatable bonds is 3. The van der Waals surface area contributed by atoms with Gasteiger partial charge in [-0.3, -0.25) is 4.79 Å². The van der Waals surface area contributed by atoms with Gasteiger partial charge in [-0.15, -0.1) is 0 Å². The first-order valence-corrected chi connectivity index (χ1v) is 6.81. The van der Waals surface area contributed by atoms with Gasteiger partial charge >= 0.3 is 12.0 Å². The van der Waals surface area contributed by atoms with Gasteiger partial charge in [0.05, 0.1) is 6.42 Å². The fourth-order valence-corrected chi connectivity index (χ4v) is 2.13. The number of aliphatic carboxylic acids is 1. The zero-order valence-electron chi connectivity index (χ0n) is 12.1. The van der Waals surface area contributed by atoms with Crippen LogP contribution >= 0.6 is 0 Å². The molecule has 1 aliphatic heterocycles. The van der Waals surface area contributed by atoms with E-state index in [9.17, 15) is 9.59 Å². The van der Waals surface area contributed by atoms with Crippen LogP contribution in [0.2, 0.25) is 0 Å². The van der Waals surface area contributed by atoms with Crippen molar-refractivity contribution in [1.82, 2.24) is 15.1 Å². The summed E-state index contributed by atoms with van der Waals surface area (Å²) in [6.07, 6.45) is 0.914. The number of hydrogen-bond acceptors (Lipinski definition) is 3. The van der Waals surface area contributed by atoms with Crippen molar-refractivity contribution in [3.8, 4) is 0 Å². The van der Waals surface area contributed by atoms with Gasteiger partial charge in [-0.2, -0.15) is 0 Å². The Morgan fingerprint density at radius 1 is 1.26 bits per heavy atom. The topological polar surface area (TPSA) is 72.9 Å². The first kappa shape index (κ1) is 15.8. The van der Waals surface area contributed by atoms with Crippen LogP contribution in [-0.4, -0.2) is 65.2 Å². The second-order valence-electron chi connectivity index (χ2n) is 5.84. The first-order chi connectivity index (χ1) is 8.82. The summed E-state index contributed by atoms with van der Waals surface area (Å²) >= 11 is 0. The highest BCUT2D eigenvalue weighted by atomic mass is 16.4. The molecule has 0 bridgehead atoms. The fraction of sp³-hybridized carbons (Fsp3) is 0.846. The molecule has 0 aromatic heterocycles. The van der Waals surface area contributed by atoms with E-state index < -0.39 is 5.97 Å². The third-order valence-corrected chi connectivity index (χ3v) is 3.20. The van der Waals surface area contributed by atoms with Gasteiger partial charge in [0, 0.05) is 31.7 Å². The van der Waals surface area contributed by atoms with Crippen LogP contribution in [0.25, 0.3) is 0 Å². The number of nitrogens with zero attached hydrogens (tertiary/aromatic N) is 2. The SMILES string of the molecule is CC(C)(C)N(CCC(=O)O)C(=O)N1CCCNCC1. The Kier molecular flexibility index (Phi) is 5.60. The van der Waals surface area contributed by atoms with Crippen molar-refractivity contribution in [1.29, 1.82) is 0 Å². The van der Waals surface area contributed by atoms with Crippen LogP contribution in [-0.2, 0) is 4.79 Å². The molecule has 1 rings (SSSR count). The number of nitrogens with one attached hydrogen (secondary N) is 1. The number of carbonyl (C=O) groups is 2. The molecule has 0 aromatic rings. The Balaban J connectivity index is 2.72. The average molecular weight is 271 g/mol. The molecule has 0 atom stereocenters. The van der Waals surface area contributed by atoms with Crippen molar-refractivity contribution in [3.63, 3.8) is 0 Å². The highest BCUT2D eigenvalue weighted by Gasteiger charge is 2.30. The molecule has 0 aromatic carbocycles. The number of carbonyl (C=O) groups excluding carboxylic acids is 1. The molecule has 1 saturated heterocycles. The van der Waals surface area contributed by atoms with E-state index in [1.165, 1.54) is 0 Å². The molecule has 1 fully saturated rings. The second kappa shape index (κ2) is 6.75. The van der Waals surface area contributed by atoms with E-state index in [1.807, 2.05) is 25.7 Å². The van der Waals surface area contributed by atoms with Gasteiger partial charge in [-0.1, -0.05) is 0 Å². The van der Waals surface area contributed by atoms with E-state index in [0.717, 1.165) is 26.1 Å². The number of amides is 2. The predicted molar refractivity (Wildman–Crippen MR) is 73.2 cm³/mol. The lowest BCUT2D eigenvalue weighted by atomic mass is 10.1. The quantitative estimate of drug-likeness (QED) is 0.802. The highest BCUT2D eigenvalue weighted by molar-refractivity contribution is 5.76. The molecule has 0 radical (unpaired) electrons. The fourth-order valence-electron chi connectivity index (χ4n) is 2.13. The summed E-state index contributed by atoms with van der Waals surface area (Å²) in [6.45, 7) is 9.18. The Hall–Kier alpha value is -1.30. The standard InChI is InChI=1S/C13H25N3O3/c1-13(2,3)16(9-5-11(17)18)12(19)15-8-4-6-14-7-10-15/h14H,4-10H2,1-3H3,(H,17,18). The van der Waals surface area contributed by atoms with Crippen molar-refractivity contribution >= 4 is 12.0 Å². The minimum atomic E-state index is -0.875. The zero-order valence-corrected chi connectivity index (χ0v) is 12.1. The zero-order chi connectivity index (χ0) is 14.5. The third kappa shape index (κ3) is 5.06. The van der Waals surface area contributed by atoms with Crippen LogP contribution < -0.4 is 5.32 Å². The summed E-state index contributed by atoms with van der Waals surface area (Å²) < 4.78 is 0. The van der Waals surface area contributed by atoms with Crippen molar-refractivity contribution in [2.24, 2.45) is 0 Å². The highest BCUT2D eigenvalue weighted by Crippen LogP contribution is 2.17. The van der Waals surface area contributed by atoms with Crippen LogP contribution in [0.3, 0.4) is 0 Å². The van der Waals surface area contributed by atoms with Gasteiger partial charge in [-0.25, -0.2) is 4.79 Å². The predicted octanol–water partition coefficient (Wildman–Crippen LogP) is 0.977. The molecule has 6 heteroatoms. The Morgan fingerprint density at radius 3 is 2.53 bits per heavy atom. The maximum atomic E-state index is 12.5. The van der Waals surface area contributed by atoms with Crippen LogP contribution in [0.1, 0.15) is 33.6 Å². The Bertz CT molecular complexity index is 318. The molecule has 0 unspecified atom stereocenters. The van der Waals surface area contributed by atoms with Crippen LogP contribution in [0.15, 0.2) is 0 Å². The van der Waals surface area contributed by atoms with Gasteiger partial charge in [0.2, 0.25) is 0 Å². The summed E-state index contributed by atoms with van der Waals surface area (Å²) in [5, 5.41) is 12.1. The summed E-state index contributed by atoms with van der Waals surface area (Å²) in [6, 6.07) is -0.0579. The van der Waals surface area contributed by atoms with E-state index in [2.05, 4.69) is 5.32 Å². The molecular formula is C13H25N3O3. The molecule has 0 aliphatic carbocycles. The van der Waals surface area contributed by atoms with Crippen molar-refractivity contribution in [3.05, 3.63) is 0 Å². The molecule has 19 heavy (non-hydrogen) atoms. The monoisotopic (exact) mass is 271 g/mol. The van der Waals surface area contributed by atoms with E-state index in [1.54, 1.807) is 4.90 Å². The smallest absolute Gasteiger partial charge is 0.320 e. The number of carboxylic acids is 1. The van der Waals surface area contributed by atoms with Gasteiger partial charge in [-0.05, 0) is 33.7 Å². The molecule has 110 valence electrons. The van der Waals surface area contributed by atoms with E-state index in [0.29, 0.717) is 6.54 Å². The maximum Gasteiger partial charge on any atom is 0.320 e. The van der Waals surface area contributed by atoms with Crippen LogP contribution in [0.4, 0.5) is 4.79 Å². The minimum Gasteiger partial charge on any atom is -0.481 e. The average Bonchev–Trinajstić information content (AvgIpc) is 2.55. The Labute approximate surface area is 114 Å². The van der Waals surface area contributed by atoms with E-state index >= 15 is 0 Å². The normalized spacial score (nSPS) is 16.9. The molecule has 0 saturated carbocycles. The molecular weight excluding hydrogens is 246 g/mol. The summed E-state index contributed by atoms with van der Waals surface area (Å²) in [7, 11) is 0. The number of hydrogen-bond donors (Lipinski definition) is 2. The third-order valence-electron chi connectivity index (χ3n) is 3.20. The van der Waals surface area contributed by atoms with Gasteiger partial charge in [0.15, 0.2) is 0 Å². The number of carboxylic acid groups (broad SMARTS) is 1. The summed E-state index contributed by atoms with van der Waals surface area (Å²) in [5.74, 6) is -0.875. The first-order valence-electron chi connectivity index (χ1n) is 6.81. The van der Waals surface area contributed by atoms with Gasteiger partial charge in [0.25, 0.3) is 0 Å². The van der Waals surface area contributed by atoms with Crippen molar-refractivity contribution in [2.75, 3.05) is 32.7 Å². The largest absolute Gasteiger partial charge is 0.481 e. The summed E-state index contributed by atoms with van der Waals surface area (Å²) in [4.78, 5) is 26.7. The van der Waals surface area contributed by atoms with Gasteiger partial charge < -0.3 is 20.2 Å². The number of urea groups is 1. The molecule has 2 amide bonds. The minimum absolute atomic E-state index is 0.0188. The van der Waals surface area contributed by atoms with Crippen LogP contribution in [0.5, 0.6) is 0 Å². The van der Waals surface area contributed by atoms with E-state index in [-0.39, 0.29) is 24.5 Å². The summed E-state index contributed by atoms with van der Waals surface area (Å²) in [5.41, 5.74) is -0.369. The molecule has 2 N–H and O–H groups in total. The second-order valence-corrected chi connectivity index (χ2v) is 5.84. The van der Waals surface area contributed by atoms with E-state index in [4.69, 9.17) is 5.11 Å². The van der Waals surface area contributed by atoms with Gasteiger partial charge in [0.1, 0.15) is 0 Å². The van der Waals surface area contributed by atoms with Crippen LogP contribution in [0, 0.1) is 0 Å².